The van der Waals surface area contributed by atoms with E-state index in [9.17, 15) is 19.5 Å². The number of anilines is 1. The average molecular weight is 519 g/mol. The predicted molar refractivity (Wildman–Crippen MR) is 141 cm³/mol. The minimum Gasteiger partial charge on any atom is -0.507 e. The number of hydrogen-bond acceptors (Lipinski definition) is 8. The van der Waals surface area contributed by atoms with Gasteiger partial charge in [0.2, 0.25) is 0 Å². The molecule has 1 aliphatic heterocycles. The molecule has 3 aromatic rings. The summed E-state index contributed by atoms with van der Waals surface area (Å²) in [7, 11) is 0. The first-order valence-electron chi connectivity index (χ1n) is 11.6. The summed E-state index contributed by atoms with van der Waals surface area (Å²) in [6.07, 6.45) is 1.45. The molecule has 37 heavy (non-hydrogen) atoms. The lowest BCUT2D eigenvalue weighted by atomic mass is 9.95. The van der Waals surface area contributed by atoms with Gasteiger partial charge in [0, 0.05) is 5.56 Å². The van der Waals surface area contributed by atoms with Gasteiger partial charge in [-0.05, 0) is 38.5 Å². The lowest BCUT2D eigenvalue weighted by Crippen LogP contribution is -2.29. The van der Waals surface area contributed by atoms with Gasteiger partial charge in [0.25, 0.3) is 5.78 Å². The van der Waals surface area contributed by atoms with Gasteiger partial charge in [0.15, 0.2) is 5.13 Å². The minimum atomic E-state index is -0.959. The number of Topliss-reactive ketones (excluding diaryl/α,β-unsaturated/α-hetero) is 1. The topological polar surface area (TPSA) is 106 Å². The van der Waals surface area contributed by atoms with E-state index in [1.54, 1.807) is 43.3 Å². The second-order valence-electron chi connectivity index (χ2n) is 8.34. The Morgan fingerprint density at radius 3 is 2.59 bits per heavy atom. The molecular weight excluding hydrogens is 492 g/mol. The standard InChI is InChI=1S/C28H26N2O6S/c1-5-14-36-27(34)25-17(4)29-28(37-25)30-22(18-12-10-16(3)11-13-18)21(24(32)26(30)33)23(31)19-8-7-9-20(15-19)35-6-2/h5,7-13,15,22,31H,1,6,14H2,2-4H3/b23-21+. The van der Waals surface area contributed by atoms with Crippen molar-refractivity contribution in [2.24, 2.45) is 0 Å². The number of hydrogen-bond donors (Lipinski definition) is 1. The summed E-state index contributed by atoms with van der Waals surface area (Å²) in [4.78, 5) is 45.1. The van der Waals surface area contributed by atoms with Crippen molar-refractivity contribution in [2.45, 2.75) is 26.8 Å². The summed E-state index contributed by atoms with van der Waals surface area (Å²) < 4.78 is 10.7. The summed E-state index contributed by atoms with van der Waals surface area (Å²) >= 11 is 0.950. The third-order valence-electron chi connectivity index (χ3n) is 5.77. The summed E-state index contributed by atoms with van der Waals surface area (Å²) in [6.45, 7) is 9.38. The van der Waals surface area contributed by atoms with Gasteiger partial charge in [0.1, 0.15) is 23.0 Å². The Balaban J connectivity index is 1.87. The smallest absolute Gasteiger partial charge is 0.350 e. The number of thiazole rings is 1. The number of aromatic nitrogens is 1. The Morgan fingerprint density at radius 1 is 1.19 bits per heavy atom. The zero-order valence-electron chi connectivity index (χ0n) is 20.7. The molecule has 0 radical (unpaired) electrons. The SMILES string of the molecule is C=CCOC(=O)c1sc(N2C(=O)C(=O)/C(=C(/O)c3cccc(OCC)c3)C2c2ccc(C)cc2)nc1C. The molecule has 2 aromatic carbocycles. The number of ketones is 1. The van der Waals surface area contributed by atoms with E-state index in [0.29, 0.717) is 29.2 Å². The van der Waals surface area contributed by atoms with Gasteiger partial charge >= 0.3 is 11.9 Å². The van der Waals surface area contributed by atoms with E-state index >= 15 is 0 Å². The molecule has 9 heteroatoms. The fourth-order valence-electron chi connectivity index (χ4n) is 4.02. The van der Waals surface area contributed by atoms with E-state index in [2.05, 4.69) is 11.6 Å². The molecule has 1 N–H and O–H groups in total. The third-order valence-corrected chi connectivity index (χ3v) is 6.90. The van der Waals surface area contributed by atoms with E-state index in [-0.39, 0.29) is 27.9 Å². The molecular formula is C28H26N2O6S. The third kappa shape index (κ3) is 5.03. The normalized spacial score (nSPS) is 16.6. The molecule has 1 aliphatic rings. The number of rotatable bonds is 8. The molecule has 1 saturated heterocycles. The van der Waals surface area contributed by atoms with Crippen LogP contribution in [0.3, 0.4) is 0 Å². The van der Waals surface area contributed by atoms with Crippen LogP contribution in [-0.4, -0.2) is 41.0 Å². The molecule has 1 aromatic heterocycles. The number of carbonyl (C=O) groups is 3. The molecule has 0 aliphatic carbocycles. The van der Waals surface area contributed by atoms with Crippen molar-refractivity contribution in [3.8, 4) is 5.75 Å². The average Bonchev–Trinajstić information content (AvgIpc) is 3.39. The van der Waals surface area contributed by atoms with E-state index in [1.807, 2.05) is 26.0 Å². The van der Waals surface area contributed by atoms with E-state index in [1.165, 1.54) is 11.0 Å². The van der Waals surface area contributed by atoms with Crippen LogP contribution in [0.5, 0.6) is 5.75 Å². The summed E-state index contributed by atoms with van der Waals surface area (Å²) in [5.74, 6) is -2.11. The van der Waals surface area contributed by atoms with Crippen LogP contribution in [0.2, 0.25) is 0 Å². The van der Waals surface area contributed by atoms with Crippen LogP contribution in [0.1, 0.15) is 45.0 Å². The van der Waals surface area contributed by atoms with Gasteiger partial charge in [-0.15, -0.1) is 0 Å². The Kier molecular flexibility index (Phi) is 7.54. The maximum atomic E-state index is 13.4. The molecule has 0 bridgehead atoms. The van der Waals surface area contributed by atoms with E-state index in [0.717, 1.165) is 16.9 Å². The van der Waals surface area contributed by atoms with Gasteiger partial charge in [-0.25, -0.2) is 9.78 Å². The molecule has 0 spiro atoms. The number of benzene rings is 2. The zero-order chi connectivity index (χ0) is 26.7. The van der Waals surface area contributed by atoms with Crippen LogP contribution in [0.15, 0.2) is 66.8 Å². The van der Waals surface area contributed by atoms with Crippen LogP contribution >= 0.6 is 11.3 Å². The van der Waals surface area contributed by atoms with Crippen LogP contribution in [-0.2, 0) is 14.3 Å². The number of ether oxygens (including phenoxy) is 2. The molecule has 1 unspecified atom stereocenters. The highest BCUT2D eigenvalue weighted by atomic mass is 32.1. The quantitative estimate of drug-likeness (QED) is 0.145. The molecule has 2 heterocycles. The van der Waals surface area contributed by atoms with E-state index in [4.69, 9.17) is 9.47 Å². The van der Waals surface area contributed by atoms with Crippen molar-refractivity contribution in [1.29, 1.82) is 0 Å². The van der Waals surface area contributed by atoms with Crippen molar-refractivity contribution in [3.63, 3.8) is 0 Å². The number of aliphatic hydroxyl groups is 1. The Morgan fingerprint density at radius 2 is 1.92 bits per heavy atom. The first kappa shape index (κ1) is 25.8. The molecule has 1 atom stereocenters. The number of aryl methyl sites for hydroxylation is 2. The minimum absolute atomic E-state index is 0.0280. The van der Waals surface area contributed by atoms with Gasteiger partial charge in [-0.2, -0.15) is 0 Å². The molecule has 4 rings (SSSR count). The van der Waals surface area contributed by atoms with Crippen LogP contribution in [0.25, 0.3) is 5.76 Å². The van der Waals surface area contributed by atoms with Crippen LogP contribution < -0.4 is 9.64 Å². The van der Waals surface area contributed by atoms with E-state index < -0.39 is 23.7 Å². The Hall–Kier alpha value is -4.24. The lowest BCUT2D eigenvalue weighted by Gasteiger charge is -2.23. The fourth-order valence-corrected chi connectivity index (χ4v) is 5.01. The lowest BCUT2D eigenvalue weighted by molar-refractivity contribution is -0.132. The zero-order valence-corrected chi connectivity index (χ0v) is 21.5. The van der Waals surface area contributed by atoms with Crippen LogP contribution in [0.4, 0.5) is 5.13 Å². The highest BCUT2D eigenvalue weighted by Gasteiger charge is 2.48. The number of carbonyl (C=O) groups excluding carboxylic acids is 3. The van der Waals surface area contributed by atoms with Crippen molar-refractivity contribution in [1.82, 2.24) is 4.98 Å². The molecule has 1 fully saturated rings. The molecule has 190 valence electrons. The highest BCUT2D eigenvalue weighted by molar-refractivity contribution is 7.17. The largest absolute Gasteiger partial charge is 0.507 e. The van der Waals surface area contributed by atoms with Gasteiger partial charge in [-0.3, -0.25) is 14.5 Å². The van der Waals surface area contributed by atoms with Crippen molar-refractivity contribution < 1.29 is 29.0 Å². The predicted octanol–water partition coefficient (Wildman–Crippen LogP) is 5.13. The van der Waals surface area contributed by atoms with Crippen LogP contribution in [0, 0.1) is 13.8 Å². The maximum Gasteiger partial charge on any atom is 0.350 e. The second-order valence-corrected chi connectivity index (χ2v) is 9.32. The highest BCUT2D eigenvalue weighted by Crippen LogP contribution is 2.44. The number of esters is 1. The second kappa shape index (κ2) is 10.8. The van der Waals surface area contributed by atoms with Crippen molar-refractivity contribution in [3.05, 3.63) is 94.0 Å². The molecule has 8 nitrogen and oxygen atoms in total. The first-order valence-corrected chi connectivity index (χ1v) is 12.4. The van der Waals surface area contributed by atoms with Crippen molar-refractivity contribution >= 4 is 39.9 Å². The Bertz CT molecular complexity index is 1410. The summed E-state index contributed by atoms with van der Waals surface area (Å²) in [6, 6.07) is 13.0. The number of aliphatic hydroxyl groups excluding tert-OH is 1. The first-order chi connectivity index (χ1) is 17.8. The molecule has 1 amide bonds. The fraction of sp³-hybridized carbons (Fsp3) is 0.214. The number of nitrogens with zero attached hydrogens (tertiary/aromatic N) is 2. The summed E-state index contributed by atoms with van der Waals surface area (Å²) in [5.41, 5.74) is 2.22. The Labute approximate surface area is 218 Å². The molecule has 0 saturated carbocycles. The van der Waals surface area contributed by atoms with Gasteiger partial charge in [-0.1, -0.05) is 66.0 Å². The van der Waals surface area contributed by atoms with Gasteiger partial charge < -0.3 is 14.6 Å². The summed E-state index contributed by atoms with van der Waals surface area (Å²) in [5, 5.41) is 11.5. The maximum absolute atomic E-state index is 13.4. The van der Waals surface area contributed by atoms with Gasteiger partial charge in [0.05, 0.1) is 23.9 Å². The monoisotopic (exact) mass is 518 g/mol. The number of amides is 1. The van der Waals surface area contributed by atoms with Crippen molar-refractivity contribution in [2.75, 3.05) is 18.1 Å².